The van der Waals surface area contributed by atoms with E-state index >= 15 is 0 Å². The number of hydrogen-bond acceptors (Lipinski definition) is 5. The van der Waals surface area contributed by atoms with Crippen molar-refractivity contribution in [2.24, 2.45) is 0 Å². The molecule has 1 N–H and O–H groups in total. The van der Waals surface area contributed by atoms with E-state index in [2.05, 4.69) is 5.32 Å². The van der Waals surface area contributed by atoms with Crippen molar-refractivity contribution in [1.82, 2.24) is 4.90 Å². The minimum Gasteiger partial charge on any atom is -0.497 e. The van der Waals surface area contributed by atoms with Gasteiger partial charge in [0.2, 0.25) is 5.91 Å². The zero-order valence-electron chi connectivity index (χ0n) is 14.3. The van der Waals surface area contributed by atoms with E-state index in [1.54, 1.807) is 24.3 Å². The molecule has 27 heavy (non-hydrogen) atoms. The Hall–Kier alpha value is -3.13. The topological polar surface area (TPSA) is 75.7 Å². The molecule has 0 bridgehead atoms. The first kappa shape index (κ1) is 18.7. The fraction of sp³-hybridized carbons (Fsp3) is 0.105. The number of imide groups is 1. The van der Waals surface area contributed by atoms with Gasteiger partial charge in [-0.15, -0.1) is 0 Å². The van der Waals surface area contributed by atoms with Crippen LogP contribution in [0.5, 0.6) is 5.75 Å². The number of ether oxygens (including phenoxy) is 1. The van der Waals surface area contributed by atoms with Gasteiger partial charge >= 0.3 is 0 Å². The Balaban J connectivity index is 1.65. The highest BCUT2D eigenvalue weighted by atomic mass is 32.2. The van der Waals surface area contributed by atoms with E-state index in [-0.39, 0.29) is 4.91 Å². The van der Waals surface area contributed by atoms with Crippen LogP contribution in [0.15, 0.2) is 53.4 Å². The lowest BCUT2D eigenvalue weighted by molar-refractivity contribution is -0.127. The molecule has 138 valence electrons. The van der Waals surface area contributed by atoms with Gasteiger partial charge in [0, 0.05) is 5.69 Å². The first-order chi connectivity index (χ1) is 13.0. The van der Waals surface area contributed by atoms with Crippen LogP contribution in [-0.4, -0.2) is 35.6 Å². The van der Waals surface area contributed by atoms with Gasteiger partial charge in [-0.05, 0) is 59.8 Å². The van der Waals surface area contributed by atoms with Gasteiger partial charge in [-0.25, -0.2) is 4.39 Å². The van der Waals surface area contributed by atoms with Crippen LogP contribution >= 0.6 is 11.8 Å². The number of amides is 3. The summed E-state index contributed by atoms with van der Waals surface area (Å²) in [4.78, 5) is 37.7. The normalized spacial score (nSPS) is 15.3. The molecule has 0 radical (unpaired) electrons. The number of rotatable bonds is 5. The average Bonchev–Trinajstić information content (AvgIpc) is 2.91. The third kappa shape index (κ3) is 4.53. The molecule has 2 aromatic carbocycles. The first-order valence-corrected chi connectivity index (χ1v) is 8.73. The standard InChI is InChI=1S/C19H15FN2O4S/c1-26-15-8-6-14(7-9-15)21-17(23)11-22-18(24)16(27-19(22)25)10-12-2-4-13(20)5-3-12/h2-10H,11H2,1H3,(H,21,23)/b16-10+. The van der Waals surface area contributed by atoms with Gasteiger partial charge in [-0.1, -0.05) is 12.1 Å². The van der Waals surface area contributed by atoms with Crippen molar-refractivity contribution in [1.29, 1.82) is 0 Å². The van der Waals surface area contributed by atoms with Crippen molar-refractivity contribution in [2.45, 2.75) is 0 Å². The summed E-state index contributed by atoms with van der Waals surface area (Å²) in [5.41, 5.74) is 1.11. The summed E-state index contributed by atoms with van der Waals surface area (Å²) >= 11 is 0.742. The van der Waals surface area contributed by atoms with E-state index in [1.807, 2.05) is 0 Å². The van der Waals surface area contributed by atoms with E-state index in [4.69, 9.17) is 4.74 Å². The summed E-state index contributed by atoms with van der Waals surface area (Å²) in [6.45, 7) is -0.391. The molecule has 3 rings (SSSR count). The van der Waals surface area contributed by atoms with Crippen LogP contribution in [0.1, 0.15) is 5.56 Å². The summed E-state index contributed by atoms with van der Waals surface area (Å²) in [6.07, 6.45) is 1.49. The minimum atomic E-state index is -0.556. The average molecular weight is 386 g/mol. The van der Waals surface area contributed by atoms with Crippen molar-refractivity contribution in [3.05, 3.63) is 64.8 Å². The van der Waals surface area contributed by atoms with Crippen molar-refractivity contribution in [3.63, 3.8) is 0 Å². The maximum absolute atomic E-state index is 13.0. The van der Waals surface area contributed by atoms with Gasteiger partial charge in [-0.2, -0.15) is 0 Å². The van der Waals surface area contributed by atoms with E-state index in [0.29, 0.717) is 17.0 Å². The second kappa shape index (κ2) is 8.05. The molecule has 0 aliphatic carbocycles. The number of methoxy groups -OCH3 is 1. The van der Waals surface area contributed by atoms with Crippen LogP contribution in [0, 0.1) is 5.82 Å². The Morgan fingerprint density at radius 2 is 1.81 bits per heavy atom. The van der Waals surface area contributed by atoms with Crippen LogP contribution in [0.2, 0.25) is 0 Å². The number of nitrogens with zero attached hydrogens (tertiary/aromatic N) is 1. The van der Waals surface area contributed by atoms with Gasteiger partial charge in [-0.3, -0.25) is 19.3 Å². The first-order valence-electron chi connectivity index (χ1n) is 7.91. The molecule has 0 saturated carbocycles. The predicted molar refractivity (Wildman–Crippen MR) is 101 cm³/mol. The summed E-state index contributed by atoms with van der Waals surface area (Å²) in [5, 5.41) is 2.09. The lowest BCUT2D eigenvalue weighted by atomic mass is 10.2. The molecule has 6 nitrogen and oxygen atoms in total. The van der Waals surface area contributed by atoms with Gasteiger partial charge in [0.25, 0.3) is 11.1 Å². The van der Waals surface area contributed by atoms with Crippen LogP contribution in [0.3, 0.4) is 0 Å². The van der Waals surface area contributed by atoms with Gasteiger partial charge < -0.3 is 10.1 Å². The minimum absolute atomic E-state index is 0.184. The second-order valence-electron chi connectivity index (χ2n) is 5.60. The van der Waals surface area contributed by atoms with Gasteiger partial charge in [0.05, 0.1) is 12.0 Å². The summed E-state index contributed by atoms with van der Waals surface area (Å²) in [7, 11) is 1.53. The fourth-order valence-electron chi connectivity index (χ4n) is 2.37. The smallest absolute Gasteiger partial charge is 0.294 e. The van der Waals surface area contributed by atoms with Gasteiger partial charge in [0.15, 0.2) is 0 Å². The highest BCUT2D eigenvalue weighted by Gasteiger charge is 2.36. The molecule has 0 unspecified atom stereocenters. The molecule has 3 amide bonds. The number of carbonyl (C=O) groups excluding carboxylic acids is 3. The maximum atomic E-state index is 13.0. The fourth-order valence-corrected chi connectivity index (χ4v) is 3.20. The van der Waals surface area contributed by atoms with Crippen molar-refractivity contribution < 1.29 is 23.5 Å². The van der Waals surface area contributed by atoms with Crippen LogP contribution in [-0.2, 0) is 9.59 Å². The number of benzene rings is 2. The van der Waals surface area contributed by atoms with Crippen LogP contribution < -0.4 is 10.1 Å². The Bertz CT molecular complexity index is 910. The van der Waals surface area contributed by atoms with Gasteiger partial charge in [0.1, 0.15) is 18.1 Å². The van der Waals surface area contributed by atoms with E-state index in [1.165, 1.54) is 37.5 Å². The van der Waals surface area contributed by atoms with Crippen molar-refractivity contribution in [3.8, 4) is 5.75 Å². The summed E-state index contributed by atoms with van der Waals surface area (Å²) in [6, 6.07) is 12.2. The summed E-state index contributed by atoms with van der Waals surface area (Å²) in [5.74, 6) is -0.801. The molecule has 1 aliphatic heterocycles. The molecule has 0 aromatic heterocycles. The Labute approximate surface area is 159 Å². The van der Waals surface area contributed by atoms with Crippen molar-refractivity contribution in [2.75, 3.05) is 19.0 Å². The second-order valence-corrected chi connectivity index (χ2v) is 6.59. The molecule has 1 heterocycles. The Morgan fingerprint density at radius 3 is 2.44 bits per heavy atom. The number of hydrogen-bond donors (Lipinski definition) is 1. The molecule has 0 spiro atoms. The molecular formula is C19H15FN2O4S. The molecule has 2 aromatic rings. The number of carbonyl (C=O) groups is 3. The lowest BCUT2D eigenvalue weighted by Crippen LogP contribution is -2.36. The molecule has 0 atom stereocenters. The SMILES string of the molecule is COc1ccc(NC(=O)CN2C(=O)S/C(=C/c3ccc(F)cc3)C2=O)cc1. The Kier molecular flexibility index (Phi) is 5.56. The monoisotopic (exact) mass is 386 g/mol. The summed E-state index contributed by atoms with van der Waals surface area (Å²) < 4.78 is 18.0. The van der Waals surface area contributed by atoms with E-state index in [0.717, 1.165) is 16.7 Å². The van der Waals surface area contributed by atoms with Crippen LogP contribution in [0.4, 0.5) is 14.9 Å². The van der Waals surface area contributed by atoms with E-state index in [9.17, 15) is 18.8 Å². The Morgan fingerprint density at radius 1 is 1.15 bits per heavy atom. The van der Waals surface area contributed by atoms with Crippen LogP contribution in [0.25, 0.3) is 6.08 Å². The molecule has 1 aliphatic rings. The maximum Gasteiger partial charge on any atom is 0.294 e. The quantitative estimate of drug-likeness (QED) is 0.796. The predicted octanol–water partition coefficient (Wildman–Crippen LogP) is 3.51. The van der Waals surface area contributed by atoms with Crippen molar-refractivity contribution >= 4 is 40.6 Å². The van der Waals surface area contributed by atoms with E-state index < -0.39 is 29.4 Å². The lowest BCUT2D eigenvalue weighted by Gasteiger charge is -2.12. The molecule has 8 heteroatoms. The third-order valence-electron chi connectivity index (χ3n) is 3.72. The zero-order valence-corrected chi connectivity index (χ0v) is 15.1. The third-order valence-corrected chi connectivity index (χ3v) is 4.62. The highest BCUT2D eigenvalue weighted by Crippen LogP contribution is 2.32. The number of anilines is 1. The zero-order chi connectivity index (χ0) is 19.4. The molecule has 1 fully saturated rings. The number of nitrogens with one attached hydrogen (secondary N) is 1. The molecular weight excluding hydrogens is 371 g/mol. The highest BCUT2D eigenvalue weighted by molar-refractivity contribution is 8.18. The largest absolute Gasteiger partial charge is 0.497 e. The number of halogens is 1. The number of thioether (sulfide) groups is 1. The molecule has 1 saturated heterocycles.